The molecule has 1 N–H and O–H groups in total. The molecule has 1 aliphatic rings. The quantitative estimate of drug-likeness (QED) is 0.684. The number of hydrogen-bond donors (Lipinski definition) is 1. The molecule has 150 valence electrons. The van der Waals surface area contributed by atoms with Gasteiger partial charge in [0.2, 0.25) is 5.88 Å². The number of anilines is 2. The molecule has 1 fully saturated rings. The molecule has 0 saturated carbocycles. The first-order valence-electron chi connectivity index (χ1n) is 10.1. The van der Waals surface area contributed by atoms with Gasteiger partial charge in [-0.2, -0.15) is 4.98 Å². The third kappa shape index (κ3) is 7.79. The minimum atomic E-state index is 0.654. The van der Waals surface area contributed by atoms with Crippen LogP contribution in [0, 0.1) is 0 Å². The summed E-state index contributed by atoms with van der Waals surface area (Å²) in [6.07, 6.45) is 2.26. The van der Waals surface area contributed by atoms with Crippen molar-refractivity contribution in [1.29, 1.82) is 0 Å². The third-order valence-electron chi connectivity index (χ3n) is 4.16. The van der Waals surface area contributed by atoms with Crippen LogP contribution in [0.2, 0.25) is 0 Å². The molecule has 0 atom stereocenters. The van der Waals surface area contributed by atoms with Crippen molar-refractivity contribution < 1.29 is 9.47 Å². The van der Waals surface area contributed by atoms with Crippen molar-refractivity contribution in [3.05, 3.63) is 12.1 Å². The minimum Gasteiger partial charge on any atom is -0.476 e. The summed E-state index contributed by atoms with van der Waals surface area (Å²) in [5.74, 6) is 1.55. The first-order valence-corrected chi connectivity index (χ1v) is 10.1. The number of nitrogens with zero attached hydrogens (tertiary/aromatic N) is 3. The fourth-order valence-electron chi connectivity index (χ4n) is 2.89. The molecule has 0 amide bonds. The third-order valence-corrected chi connectivity index (χ3v) is 4.16. The Morgan fingerprint density at radius 2 is 1.81 bits per heavy atom. The normalized spacial score (nSPS) is 14.3. The van der Waals surface area contributed by atoms with E-state index in [1.165, 1.54) is 5.69 Å². The van der Waals surface area contributed by atoms with Crippen molar-refractivity contribution in [2.75, 3.05) is 69.8 Å². The summed E-state index contributed by atoms with van der Waals surface area (Å²) in [6.45, 7) is 15.7. The van der Waals surface area contributed by atoms with Gasteiger partial charge in [-0.05, 0) is 12.8 Å². The molecule has 0 bridgehead atoms. The number of hydrogen-bond acceptors (Lipinski definition) is 6. The average molecular weight is 367 g/mol. The van der Waals surface area contributed by atoms with Gasteiger partial charge in [-0.3, -0.25) is 4.90 Å². The van der Waals surface area contributed by atoms with E-state index in [1.807, 2.05) is 20.9 Å². The van der Waals surface area contributed by atoms with Gasteiger partial charge < -0.3 is 19.7 Å². The topological polar surface area (TPSA) is 49.9 Å². The van der Waals surface area contributed by atoms with Crippen molar-refractivity contribution >= 4 is 11.5 Å². The van der Waals surface area contributed by atoms with Crippen LogP contribution < -0.4 is 15.0 Å². The molecule has 2 rings (SSSR count). The van der Waals surface area contributed by atoms with E-state index in [4.69, 9.17) is 9.47 Å². The second-order valence-corrected chi connectivity index (χ2v) is 6.09. The molecule has 1 aromatic rings. The Morgan fingerprint density at radius 1 is 1.15 bits per heavy atom. The molecular weight excluding hydrogens is 328 g/mol. The number of ether oxygens (including phenoxy) is 2. The molecular formula is C20H38N4O2. The number of aromatic nitrogens is 1. The molecule has 0 aliphatic carbocycles. The van der Waals surface area contributed by atoms with E-state index in [0.29, 0.717) is 12.5 Å². The summed E-state index contributed by atoms with van der Waals surface area (Å²) in [5, 5.41) is 3.14. The van der Waals surface area contributed by atoms with Gasteiger partial charge >= 0.3 is 0 Å². The summed E-state index contributed by atoms with van der Waals surface area (Å²) >= 11 is 0. The molecule has 1 aromatic heterocycles. The van der Waals surface area contributed by atoms with Gasteiger partial charge in [-0.1, -0.05) is 27.7 Å². The van der Waals surface area contributed by atoms with Gasteiger partial charge in [0.15, 0.2) is 0 Å². The maximum Gasteiger partial charge on any atom is 0.217 e. The molecule has 0 radical (unpaired) electrons. The monoisotopic (exact) mass is 366 g/mol. The van der Waals surface area contributed by atoms with Gasteiger partial charge in [0, 0.05) is 57.6 Å². The van der Waals surface area contributed by atoms with E-state index < -0.39 is 0 Å². The highest BCUT2D eigenvalue weighted by atomic mass is 16.5. The minimum absolute atomic E-state index is 0.654. The predicted octanol–water partition coefficient (Wildman–Crippen LogP) is 3.49. The Labute approximate surface area is 159 Å². The zero-order valence-corrected chi connectivity index (χ0v) is 17.4. The van der Waals surface area contributed by atoms with Crippen LogP contribution in [0.1, 0.15) is 40.5 Å². The van der Waals surface area contributed by atoms with E-state index in [1.54, 1.807) is 0 Å². The van der Waals surface area contributed by atoms with Crippen LogP contribution >= 0.6 is 0 Å². The summed E-state index contributed by atoms with van der Waals surface area (Å²) in [5.41, 5.74) is 1.18. The van der Waals surface area contributed by atoms with Crippen molar-refractivity contribution in [3.63, 3.8) is 0 Å². The number of pyridine rings is 1. The van der Waals surface area contributed by atoms with Crippen molar-refractivity contribution in [2.24, 2.45) is 0 Å². The Kier molecular flexibility index (Phi) is 11.8. The Morgan fingerprint density at radius 3 is 2.38 bits per heavy atom. The van der Waals surface area contributed by atoms with Crippen LogP contribution in [0.4, 0.5) is 11.5 Å². The summed E-state index contributed by atoms with van der Waals surface area (Å²) in [7, 11) is 1.90. The summed E-state index contributed by atoms with van der Waals surface area (Å²) in [4.78, 5) is 9.30. The summed E-state index contributed by atoms with van der Waals surface area (Å²) in [6, 6.07) is 4.16. The van der Waals surface area contributed by atoms with E-state index >= 15 is 0 Å². The van der Waals surface area contributed by atoms with Gasteiger partial charge in [0.25, 0.3) is 0 Å². The molecule has 0 spiro atoms. The maximum absolute atomic E-state index is 5.94. The van der Waals surface area contributed by atoms with Crippen LogP contribution in [-0.4, -0.2) is 69.5 Å². The van der Waals surface area contributed by atoms with E-state index in [-0.39, 0.29) is 0 Å². The lowest BCUT2D eigenvalue weighted by molar-refractivity contribution is 0.0320. The Hall–Kier alpha value is -1.53. The first kappa shape index (κ1) is 22.5. The number of rotatable bonds is 10. The Balaban J connectivity index is 0.00000163. The predicted molar refractivity (Wildman–Crippen MR) is 111 cm³/mol. The Bertz CT molecular complexity index is 473. The molecule has 1 aliphatic heterocycles. The zero-order chi connectivity index (χ0) is 19.2. The molecule has 6 heteroatoms. The largest absolute Gasteiger partial charge is 0.476 e. The van der Waals surface area contributed by atoms with Gasteiger partial charge in [0.1, 0.15) is 12.4 Å². The molecule has 6 nitrogen and oxygen atoms in total. The van der Waals surface area contributed by atoms with Gasteiger partial charge in [-0.15, -0.1) is 0 Å². The van der Waals surface area contributed by atoms with Crippen molar-refractivity contribution in [2.45, 2.75) is 40.5 Å². The number of morpholine rings is 1. The van der Waals surface area contributed by atoms with E-state index in [2.05, 4.69) is 46.1 Å². The van der Waals surface area contributed by atoms with Gasteiger partial charge in [0.05, 0.1) is 13.2 Å². The molecule has 1 saturated heterocycles. The van der Waals surface area contributed by atoms with E-state index in [9.17, 15) is 0 Å². The SMILES string of the molecule is CC.CCCN(CCC)c1cc(NC)nc(OCCN2CCOCC2)c1. The number of nitrogens with one attached hydrogen (secondary N) is 1. The maximum atomic E-state index is 5.94. The molecule has 0 unspecified atom stereocenters. The van der Waals surface area contributed by atoms with Crippen molar-refractivity contribution in [1.82, 2.24) is 9.88 Å². The molecule has 26 heavy (non-hydrogen) atoms. The average Bonchev–Trinajstić information content (AvgIpc) is 2.70. The van der Waals surface area contributed by atoms with E-state index in [0.717, 1.165) is 64.6 Å². The first-order chi connectivity index (χ1) is 12.8. The highest BCUT2D eigenvalue weighted by Crippen LogP contribution is 2.24. The molecule has 2 heterocycles. The second-order valence-electron chi connectivity index (χ2n) is 6.09. The van der Waals surface area contributed by atoms with Crippen molar-refractivity contribution in [3.8, 4) is 5.88 Å². The second kappa shape index (κ2) is 13.6. The van der Waals surface area contributed by atoms with Crippen LogP contribution in [0.25, 0.3) is 0 Å². The summed E-state index contributed by atoms with van der Waals surface area (Å²) < 4.78 is 11.3. The lowest BCUT2D eigenvalue weighted by atomic mass is 10.3. The fourth-order valence-corrected chi connectivity index (χ4v) is 2.89. The highest BCUT2D eigenvalue weighted by Gasteiger charge is 2.12. The van der Waals surface area contributed by atoms with Gasteiger partial charge in [-0.25, -0.2) is 0 Å². The van der Waals surface area contributed by atoms with Crippen LogP contribution in [0.5, 0.6) is 5.88 Å². The fraction of sp³-hybridized carbons (Fsp3) is 0.750. The molecule has 0 aromatic carbocycles. The van der Waals surface area contributed by atoms with Crippen LogP contribution in [0.3, 0.4) is 0 Å². The smallest absolute Gasteiger partial charge is 0.217 e. The van der Waals surface area contributed by atoms with Crippen LogP contribution in [-0.2, 0) is 4.74 Å². The van der Waals surface area contributed by atoms with Crippen LogP contribution in [0.15, 0.2) is 12.1 Å². The lowest BCUT2D eigenvalue weighted by Gasteiger charge is -2.27. The lowest BCUT2D eigenvalue weighted by Crippen LogP contribution is -2.38. The zero-order valence-electron chi connectivity index (χ0n) is 17.4. The highest BCUT2D eigenvalue weighted by molar-refractivity contribution is 5.56. The standard InChI is InChI=1S/C18H32N4O2.C2H6/c1-4-6-22(7-5-2)16-14-17(19-3)20-18(15-16)24-13-10-21-8-11-23-12-9-21;1-2/h14-15H,4-13H2,1-3H3,(H,19,20);1-2H3.